The lowest BCUT2D eigenvalue weighted by molar-refractivity contribution is -0.137. The van der Waals surface area contributed by atoms with E-state index in [1.165, 1.54) is 36.3 Å². The molecular formula is C47H96N6O11. The molecule has 7 atom stereocenters. The smallest absolute Gasteiger partial charge is 0.253 e. The number of ether oxygens (including phenoxy) is 2. The molecule has 0 aromatic rings. The van der Waals surface area contributed by atoms with Crippen LogP contribution in [0.25, 0.3) is 0 Å². The van der Waals surface area contributed by atoms with E-state index in [-0.39, 0.29) is 48.7 Å². The van der Waals surface area contributed by atoms with Gasteiger partial charge >= 0.3 is 0 Å². The summed E-state index contributed by atoms with van der Waals surface area (Å²) >= 11 is 0. The minimum atomic E-state index is -0.231. The first-order valence-electron chi connectivity index (χ1n) is 22.4. The van der Waals surface area contributed by atoms with Crippen molar-refractivity contribution in [1.29, 1.82) is 0 Å². The average Bonchev–Trinajstić information content (AvgIpc) is 3.84. The predicted molar refractivity (Wildman–Crippen MR) is 259 cm³/mol. The lowest BCUT2D eigenvalue weighted by Gasteiger charge is -2.34. The molecule has 4 amide bonds. The van der Waals surface area contributed by atoms with Crippen LogP contribution >= 0.6 is 0 Å². The van der Waals surface area contributed by atoms with Crippen molar-refractivity contribution in [3.63, 3.8) is 0 Å². The van der Waals surface area contributed by atoms with E-state index in [0.29, 0.717) is 43.3 Å². The lowest BCUT2D eigenvalue weighted by atomic mass is 9.87. The maximum atomic E-state index is 11.1. The molecule has 0 spiro atoms. The van der Waals surface area contributed by atoms with E-state index in [0.717, 1.165) is 77.3 Å². The van der Waals surface area contributed by atoms with Crippen molar-refractivity contribution in [2.45, 2.75) is 150 Å². The van der Waals surface area contributed by atoms with E-state index in [4.69, 9.17) is 24.2 Å². The van der Waals surface area contributed by atoms with Gasteiger partial charge in [0.15, 0.2) is 0 Å². The van der Waals surface area contributed by atoms with Gasteiger partial charge in [0, 0.05) is 77.3 Å². The summed E-state index contributed by atoms with van der Waals surface area (Å²) in [6.45, 7) is 18.5. The Morgan fingerprint density at radius 2 is 1.30 bits per heavy atom. The summed E-state index contributed by atoms with van der Waals surface area (Å²) in [5.74, 6) is 1.11. The van der Waals surface area contributed by atoms with Gasteiger partial charge in [-0.05, 0) is 91.6 Å². The third kappa shape index (κ3) is 44.9. The molecule has 0 aromatic heterocycles. The van der Waals surface area contributed by atoms with Crippen LogP contribution in [-0.4, -0.2) is 164 Å². The molecule has 1 saturated heterocycles. The first kappa shape index (κ1) is 74.6. The molecule has 2 rings (SSSR count). The fraction of sp³-hybridized carbons (Fsp3) is 0.787. The van der Waals surface area contributed by atoms with Crippen molar-refractivity contribution in [3.05, 3.63) is 12.2 Å². The molecule has 17 nitrogen and oxygen atoms in total. The number of aliphatic hydroxyl groups excluding tert-OH is 1. The normalized spacial score (nSPS) is 16.0. The number of amides is 4. The zero-order valence-corrected chi connectivity index (χ0v) is 43.0. The Hall–Kier alpha value is -3.74. The summed E-state index contributed by atoms with van der Waals surface area (Å²) in [6, 6.07) is 0.794. The molecule has 2 aliphatic rings. The molecule has 1 fully saturated rings. The number of nitrogens with zero attached hydrogens (tertiary/aromatic N) is 3. The van der Waals surface area contributed by atoms with E-state index < -0.39 is 0 Å². The van der Waals surface area contributed by atoms with Crippen LogP contribution in [0.4, 0.5) is 0 Å². The number of carbonyl (C=O) groups excluding carboxylic acids is 8. The highest BCUT2D eigenvalue weighted by Crippen LogP contribution is 2.27. The number of primary amides is 2. The second kappa shape index (κ2) is 57.3. The van der Waals surface area contributed by atoms with Crippen molar-refractivity contribution in [3.8, 4) is 0 Å². The average molecular weight is 921 g/mol. The van der Waals surface area contributed by atoms with Crippen LogP contribution in [-0.2, 0) is 47.8 Å². The Kier molecular flexibility index (Phi) is 66.8. The Balaban J connectivity index is -0.000000125. The SMILES string of the molecule is CC(C)CCC=O.CCC.CCC(C)C(C(CC=O)OC)N(C)C.CNC.CO.COC(C(C)[C@@H](C)C=O)C1CCCN1C.NC=O.NC=O.O=CCCCCCN1C(=O)C=CC1=O. The van der Waals surface area contributed by atoms with Crippen LogP contribution in [0, 0.1) is 23.7 Å². The van der Waals surface area contributed by atoms with Gasteiger partial charge in [-0.3, -0.25) is 24.1 Å². The number of aliphatic hydroxyl groups is 1. The Morgan fingerprint density at radius 3 is 1.59 bits per heavy atom. The number of hydrogen-bond acceptors (Lipinski definition) is 14. The van der Waals surface area contributed by atoms with Crippen LogP contribution in [0.15, 0.2) is 12.2 Å². The van der Waals surface area contributed by atoms with E-state index in [2.05, 4.69) is 82.1 Å². The van der Waals surface area contributed by atoms with E-state index in [1.54, 1.807) is 14.2 Å². The van der Waals surface area contributed by atoms with Gasteiger partial charge in [0.1, 0.15) is 25.1 Å². The minimum absolute atomic E-state index is 0.0115. The van der Waals surface area contributed by atoms with Crippen molar-refractivity contribution < 1.29 is 52.9 Å². The molecule has 380 valence electrons. The molecule has 0 bridgehead atoms. The van der Waals surface area contributed by atoms with Crippen LogP contribution < -0.4 is 16.8 Å². The molecule has 0 saturated carbocycles. The highest BCUT2D eigenvalue weighted by Gasteiger charge is 2.35. The second-order valence-corrected chi connectivity index (χ2v) is 15.6. The van der Waals surface area contributed by atoms with Crippen molar-refractivity contribution >= 4 is 49.8 Å². The first-order chi connectivity index (χ1) is 30.4. The van der Waals surface area contributed by atoms with Crippen LogP contribution in [0.2, 0.25) is 0 Å². The molecular weight excluding hydrogens is 825 g/mol. The monoisotopic (exact) mass is 921 g/mol. The van der Waals surface area contributed by atoms with E-state index in [9.17, 15) is 28.8 Å². The first-order valence-corrected chi connectivity index (χ1v) is 22.4. The lowest BCUT2D eigenvalue weighted by Crippen LogP contribution is -2.44. The van der Waals surface area contributed by atoms with Gasteiger partial charge in [0.05, 0.1) is 12.2 Å². The minimum Gasteiger partial charge on any atom is -0.400 e. The highest BCUT2D eigenvalue weighted by molar-refractivity contribution is 6.12. The van der Waals surface area contributed by atoms with Crippen LogP contribution in [0.1, 0.15) is 126 Å². The highest BCUT2D eigenvalue weighted by atomic mass is 16.5. The van der Waals surface area contributed by atoms with E-state index in [1.807, 2.05) is 35.1 Å². The number of unbranched alkanes of at least 4 members (excludes halogenated alkanes) is 3. The molecule has 64 heavy (non-hydrogen) atoms. The number of likely N-dealkylation sites (N-methyl/N-ethyl adjacent to an activating group) is 2. The second-order valence-electron chi connectivity index (χ2n) is 15.6. The Labute approximate surface area is 389 Å². The molecule has 2 heterocycles. The molecule has 2 aliphatic heterocycles. The van der Waals surface area contributed by atoms with Gasteiger partial charge < -0.3 is 60.3 Å². The Bertz CT molecular complexity index is 1090. The summed E-state index contributed by atoms with van der Waals surface area (Å²) < 4.78 is 11.0. The van der Waals surface area contributed by atoms with Gasteiger partial charge in [-0.15, -0.1) is 0 Å². The van der Waals surface area contributed by atoms with Crippen molar-refractivity contribution in [2.75, 3.05) is 69.7 Å². The Morgan fingerprint density at radius 1 is 0.828 bits per heavy atom. The third-order valence-corrected chi connectivity index (χ3v) is 9.59. The quantitative estimate of drug-likeness (QED) is 0.0704. The third-order valence-electron chi connectivity index (χ3n) is 9.59. The molecule has 17 heteroatoms. The summed E-state index contributed by atoms with van der Waals surface area (Å²) in [7, 11) is 14.4. The summed E-state index contributed by atoms with van der Waals surface area (Å²) in [5, 5.41) is 9.75. The number of imide groups is 1. The number of nitrogens with two attached hydrogens (primary N) is 2. The fourth-order valence-electron chi connectivity index (χ4n) is 6.14. The maximum Gasteiger partial charge on any atom is 0.253 e. The molecule has 6 unspecified atom stereocenters. The van der Waals surface area contributed by atoms with Crippen LogP contribution in [0.3, 0.4) is 0 Å². The van der Waals surface area contributed by atoms with E-state index >= 15 is 0 Å². The number of methoxy groups -OCH3 is 2. The zero-order valence-electron chi connectivity index (χ0n) is 43.0. The number of likely N-dealkylation sites (tertiary alicyclic amines) is 1. The molecule has 6 N–H and O–H groups in total. The molecule has 0 aliphatic carbocycles. The van der Waals surface area contributed by atoms with Crippen LogP contribution in [0.5, 0.6) is 0 Å². The maximum absolute atomic E-state index is 11.1. The number of aldehydes is 4. The summed E-state index contributed by atoms with van der Waals surface area (Å²) in [5.41, 5.74) is 8.33. The standard InChI is InChI=1S/C12H23NO2.C11H23NO2.C10H13NO3.C6H12O.C3H8.C2H7N.2CH3NO.CH4O/c1-9(8-14)10(2)12(15-4)11-6-5-7-13(11)3;1-6-9(2)11(12(3)4)10(14-5)7-8-13;12-8-4-2-1-3-7-11-9(13)5-6-10(11)14;1-6(2)4-3-5-7;2*1-3-2;2*2-1-3;1-2/h8-12H,5-7H2,1-4H3;8-11H,6-7H2,1-5H3;5-6,8H,1-4,7H2;5-6H,3-4H2,1-2H3;3H2,1-2H3;3H,1-2H3;2*1H,(H2,2,3);2H,1H3/t9-,10?,11?,12?;;;;;;;;/m0......../s1. The summed E-state index contributed by atoms with van der Waals surface area (Å²) in [6.07, 6.45) is 17.1. The van der Waals surface area contributed by atoms with Gasteiger partial charge in [-0.1, -0.05) is 74.7 Å². The molecule has 0 radical (unpaired) electrons. The number of hydrogen-bond donors (Lipinski definition) is 4. The largest absolute Gasteiger partial charge is 0.400 e. The van der Waals surface area contributed by atoms with Gasteiger partial charge in [0.2, 0.25) is 12.8 Å². The molecule has 0 aromatic carbocycles. The number of rotatable bonds is 21. The topological polar surface area (TPSA) is 249 Å². The summed E-state index contributed by atoms with van der Waals surface area (Å²) in [4.78, 5) is 86.0. The number of nitrogens with one attached hydrogen (secondary N) is 1. The fourth-order valence-corrected chi connectivity index (χ4v) is 6.14. The van der Waals surface area contributed by atoms with Gasteiger partial charge in [0.25, 0.3) is 11.8 Å². The predicted octanol–water partition coefficient (Wildman–Crippen LogP) is 4.49. The zero-order chi connectivity index (χ0) is 51.5. The van der Waals surface area contributed by atoms with Gasteiger partial charge in [-0.25, -0.2) is 0 Å². The van der Waals surface area contributed by atoms with Crippen molar-refractivity contribution in [2.24, 2.45) is 35.1 Å². The number of carbonyl (C=O) groups is 8. The van der Waals surface area contributed by atoms with Gasteiger partial charge in [-0.2, -0.15) is 0 Å². The van der Waals surface area contributed by atoms with Crippen molar-refractivity contribution in [1.82, 2.24) is 20.0 Å².